The van der Waals surface area contributed by atoms with Gasteiger partial charge < -0.3 is 5.43 Å². The van der Waals surface area contributed by atoms with Gasteiger partial charge in [0.2, 0.25) is 5.82 Å². The molecule has 20 heavy (non-hydrogen) atoms. The summed E-state index contributed by atoms with van der Waals surface area (Å²) in [5, 5.41) is 2.53. The highest BCUT2D eigenvalue weighted by Gasteiger charge is 2.36. The lowest BCUT2D eigenvalue weighted by molar-refractivity contribution is 0.381. The molecule has 0 saturated carbocycles. The number of hydrazine groups is 1. The molecule has 0 aromatic heterocycles. The molecule has 2 nitrogen and oxygen atoms in total. The minimum Gasteiger partial charge on any atom is -0.323 e. The van der Waals surface area contributed by atoms with Crippen molar-refractivity contribution in [1.82, 2.24) is 5.09 Å². The number of benzene rings is 1. The molecule has 0 amide bonds. The van der Waals surface area contributed by atoms with E-state index in [2.05, 4.69) is 10.5 Å². The molecule has 0 fully saturated rings. The molecular formula is C12H17F5N2Si. The quantitative estimate of drug-likeness (QED) is 0.286. The van der Waals surface area contributed by atoms with Crippen LogP contribution in [0.25, 0.3) is 0 Å². The van der Waals surface area contributed by atoms with E-state index in [1.165, 1.54) is 0 Å². The SMILES string of the molecule is CC(C)(C)[Si](C)(C)NNc1c(F)c(F)c(F)c(F)c1F. The van der Waals surface area contributed by atoms with Gasteiger partial charge in [-0.05, 0) is 5.04 Å². The molecule has 0 bridgehead atoms. The minimum absolute atomic E-state index is 0.190. The predicted octanol–water partition coefficient (Wildman–Crippen LogP) is 4.30. The third kappa shape index (κ3) is 2.95. The Kier molecular flexibility index (Phi) is 4.50. The van der Waals surface area contributed by atoms with Gasteiger partial charge in [-0.25, -0.2) is 22.0 Å². The van der Waals surface area contributed by atoms with Crippen LogP contribution >= 0.6 is 0 Å². The van der Waals surface area contributed by atoms with Crippen LogP contribution in [-0.2, 0) is 0 Å². The van der Waals surface area contributed by atoms with Crippen LogP contribution in [0.5, 0.6) is 0 Å². The van der Waals surface area contributed by atoms with Gasteiger partial charge in [-0.2, -0.15) is 0 Å². The fourth-order valence-electron chi connectivity index (χ4n) is 1.12. The van der Waals surface area contributed by atoms with Gasteiger partial charge in [0, 0.05) is 0 Å². The summed E-state index contributed by atoms with van der Waals surface area (Å²) in [6.45, 7) is 9.50. The fourth-order valence-corrected chi connectivity index (χ4v) is 1.93. The first-order valence-corrected chi connectivity index (χ1v) is 8.94. The molecule has 2 N–H and O–H groups in total. The Morgan fingerprint density at radius 2 is 1.10 bits per heavy atom. The van der Waals surface area contributed by atoms with Crippen molar-refractivity contribution >= 4 is 13.9 Å². The van der Waals surface area contributed by atoms with Gasteiger partial charge in [-0.3, -0.25) is 5.09 Å². The number of hydrogen-bond acceptors (Lipinski definition) is 2. The zero-order valence-electron chi connectivity index (χ0n) is 11.9. The maximum absolute atomic E-state index is 13.5. The lowest BCUT2D eigenvalue weighted by Crippen LogP contribution is -2.54. The van der Waals surface area contributed by atoms with Crippen molar-refractivity contribution in [3.8, 4) is 0 Å². The van der Waals surface area contributed by atoms with E-state index < -0.39 is 43.0 Å². The van der Waals surface area contributed by atoms with Crippen LogP contribution in [0, 0.1) is 29.1 Å². The van der Waals surface area contributed by atoms with Crippen molar-refractivity contribution in [2.75, 3.05) is 5.43 Å². The molecule has 8 heteroatoms. The number of anilines is 1. The molecule has 114 valence electrons. The van der Waals surface area contributed by atoms with Crippen LogP contribution in [0.2, 0.25) is 18.1 Å². The molecule has 0 saturated heterocycles. The molecule has 0 aliphatic rings. The molecule has 0 unspecified atom stereocenters. The lowest BCUT2D eigenvalue weighted by Gasteiger charge is -2.37. The summed E-state index contributed by atoms with van der Waals surface area (Å²) in [7, 11) is -2.22. The Morgan fingerprint density at radius 3 is 1.45 bits per heavy atom. The number of nitrogens with one attached hydrogen (secondary N) is 2. The van der Waals surface area contributed by atoms with Crippen molar-refractivity contribution in [2.24, 2.45) is 0 Å². The van der Waals surface area contributed by atoms with Crippen LogP contribution in [0.1, 0.15) is 20.8 Å². The van der Waals surface area contributed by atoms with E-state index >= 15 is 0 Å². The van der Waals surface area contributed by atoms with Crippen molar-refractivity contribution in [3.05, 3.63) is 29.1 Å². The molecule has 1 rings (SSSR count). The summed E-state index contributed by atoms with van der Waals surface area (Å²) in [5.41, 5.74) is 1.09. The van der Waals surface area contributed by atoms with E-state index in [-0.39, 0.29) is 5.04 Å². The zero-order valence-corrected chi connectivity index (χ0v) is 12.9. The third-order valence-electron chi connectivity index (χ3n) is 3.58. The van der Waals surface area contributed by atoms with Gasteiger partial charge in [-0.1, -0.05) is 33.9 Å². The van der Waals surface area contributed by atoms with Crippen LogP contribution in [0.15, 0.2) is 0 Å². The molecule has 0 aliphatic heterocycles. The monoisotopic (exact) mass is 312 g/mol. The van der Waals surface area contributed by atoms with Crippen molar-refractivity contribution < 1.29 is 22.0 Å². The summed E-state index contributed by atoms with van der Waals surface area (Å²) in [6.07, 6.45) is 0. The first kappa shape index (κ1) is 16.9. The predicted molar refractivity (Wildman–Crippen MR) is 70.2 cm³/mol. The highest BCUT2D eigenvalue weighted by Crippen LogP contribution is 2.34. The first-order chi connectivity index (χ1) is 8.90. The Hall–Kier alpha value is -1.15. The smallest absolute Gasteiger partial charge is 0.200 e. The second-order valence-electron chi connectivity index (χ2n) is 6.07. The van der Waals surface area contributed by atoms with Crippen LogP contribution < -0.4 is 10.5 Å². The Labute approximate surface area is 115 Å². The lowest BCUT2D eigenvalue weighted by atomic mass is 10.2. The summed E-state index contributed by atoms with van der Waals surface area (Å²) in [4.78, 5) is 0. The standard InChI is InChI=1S/C12H17F5N2Si/c1-12(2,3)20(4,5)19-18-11-9(16)7(14)6(13)8(15)10(11)17/h18-19H,1-5H3. The topological polar surface area (TPSA) is 24.1 Å². The van der Waals surface area contributed by atoms with Crippen molar-refractivity contribution in [1.29, 1.82) is 0 Å². The Balaban J connectivity index is 3.13. The van der Waals surface area contributed by atoms with Gasteiger partial charge in [-0.15, -0.1) is 0 Å². The first-order valence-electron chi connectivity index (χ1n) is 5.94. The van der Waals surface area contributed by atoms with Crippen LogP contribution in [0.3, 0.4) is 0 Å². The van der Waals surface area contributed by atoms with Crippen LogP contribution in [-0.4, -0.2) is 8.24 Å². The Morgan fingerprint density at radius 1 is 0.750 bits per heavy atom. The average Bonchev–Trinajstić information content (AvgIpc) is 2.32. The van der Waals surface area contributed by atoms with Crippen molar-refractivity contribution in [2.45, 2.75) is 38.9 Å². The van der Waals surface area contributed by atoms with E-state index in [9.17, 15) is 22.0 Å². The molecule has 0 aliphatic carbocycles. The maximum atomic E-state index is 13.5. The van der Waals surface area contributed by atoms with Gasteiger partial charge in [0.25, 0.3) is 0 Å². The third-order valence-corrected chi connectivity index (χ3v) is 8.08. The van der Waals surface area contributed by atoms with Crippen LogP contribution in [0.4, 0.5) is 27.6 Å². The zero-order chi connectivity index (χ0) is 15.9. The van der Waals surface area contributed by atoms with E-state index in [1.807, 2.05) is 33.9 Å². The number of hydrogen-bond donors (Lipinski definition) is 2. The maximum Gasteiger partial charge on any atom is 0.200 e. The van der Waals surface area contributed by atoms with E-state index in [0.717, 1.165) is 0 Å². The molecule has 1 aromatic rings. The summed E-state index contributed by atoms with van der Waals surface area (Å²) >= 11 is 0. The minimum atomic E-state index is -2.22. The van der Waals surface area contributed by atoms with Gasteiger partial charge >= 0.3 is 0 Å². The van der Waals surface area contributed by atoms with E-state index in [0.29, 0.717) is 0 Å². The molecular weight excluding hydrogens is 295 g/mol. The second-order valence-corrected chi connectivity index (χ2v) is 11.1. The molecule has 0 spiro atoms. The average molecular weight is 312 g/mol. The van der Waals surface area contributed by atoms with Crippen molar-refractivity contribution in [3.63, 3.8) is 0 Å². The number of halogens is 5. The molecule has 0 heterocycles. The summed E-state index contributed by atoms with van der Waals surface area (Å²) in [6, 6.07) is 0. The molecule has 1 aromatic carbocycles. The largest absolute Gasteiger partial charge is 0.323 e. The van der Waals surface area contributed by atoms with Gasteiger partial charge in [0.1, 0.15) is 13.9 Å². The van der Waals surface area contributed by atoms with Gasteiger partial charge in [0.05, 0.1) is 0 Å². The van der Waals surface area contributed by atoms with E-state index in [4.69, 9.17) is 0 Å². The highest BCUT2D eigenvalue weighted by atomic mass is 28.3. The fraction of sp³-hybridized carbons (Fsp3) is 0.500. The van der Waals surface area contributed by atoms with E-state index in [1.54, 1.807) is 0 Å². The summed E-state index contributed by atoms with van der Waals surface area (Å²) < 4.78 is 65.9. The molecule has 0 radical (unpaired) electrons. The second kappa shape index (κ2) is 5.32. The molecule has 0 atom stereocenters. The Bertz CT molecular complexity index is 497. The van der Waals surface area contributed by atoms with Gasteiger partial charge in [0.15, 0.2) is 23.3 Å². The normalized spacial score (nSPS) is 12.7. The number of rotatable bonds is 3. The summed E-state index contributed by atoms with van der Waals surface area (Å²) in [5.74, 6) is -9.87. The highest BCUT2D eigenvalue weighted by molar-refractivity contribution is 6.77.